The number of nitrogens with one attached hydrogen (secondary N) is 1. The number of rotatable bonds is 3. The molecule has 0 bridgehead atoms. The van der Waals surface area contributed by atoms with E-state index in [2.05, 4.69) is 15.5 Å². The van der Waals surface area contributed by atoms with E-state index in [-0.39, 0.29) is 23.6 Å². The molecule has 166 valence electrons. The number of aromatic nitrogens is 3. The van der Waals surface area contributed by atoms with Crippen LogP contribution in [0.4, 0.5) is 36.7 Å². The molecule has 1 aliphatic carbocycles. The third kappa shape index (κ3) is 3.91. The van der Waals surface area contributed by atoms with E-state index in [9.17, 15) is 35.8 Å². The Morgan fingerprint density at radius 3 is 2.32 bits per heavy atom. The average Bonchev–Trinajstić information content (AvgIpc) is 3.01. The van der Waals surface area contributed by atoms with Crippen molar-refractivity contribution < 1.29 is 35.8 Å². The van der Waals surface area contributed by atoms with Crippen molar-refractivity contribution in [3.63, 3.8) is 0 Å². The number of alkyl halides is 6. The normalized spacial score (nSPS) is 21.9. The summed E-state index contributed by atoms with van der Waals surface area (Å²) in [6.45, 7) is 1.63. The van der Waals surface area contributed by atoms with Gasteiger partial charge in [0, 0.05) is 17.8 Å². The van der Waals surface area contributed by atoms with Gasteiger partial charge in [-0.05, 0) is 38.0 Å². The number of aliphatic hydroxyl groups is 1. The molecule has 1 aromatic carbocycles. The summed E-state index contributed by atoms with van der Waals surface area (Å²) in [5.74, 6) is -0.884. The molecule has 4 rings (SSSR count). The molecule has 0 atom stereocenters. The summed E-state index contributed by atoms with van der Waals surface area (Å²) in [5.41, 5.74) is -5.60. The summed E-state index contributed by atoms with van der Waals surface area (Å²) < 4.78 is 95.1. The Morgan fingerprint density at radius 1 is 1.06 bits per heavy atom. The van der Waals surface area contributed by atoms with Gasteiger partial charge in [-0.3, -0.25) is 4.40 Å². The quantitative estimate of drug-likeness (QED) is 0.560. The lowest BCUT2D eigenvalue weighted by Crippen LogP contribution is -2.48. The first kappa shape index (κ1) is 21.3. The summed E-state index contributed by atoms with van der Waals surface area (Å²) in [5, 5.41) is 20.3. The fourth-order valence-electron chi connectivity index (χ4n) is 3.73. The Morgan fingerprint density at radius 2 is 1.74 bits per heavy atom. The third-order valence-electron chi connectivity index (χ3n) is 5.15. The minimum Gasteiger partial charge on any atom is -0.390 e. The highest BCUT2D eigenvalue weighted by molar-refractivity contribution is 5.80. The lowest BCUT2D eigenvalue weighted by molar-refractivity contribution is -0.142. The second-order valence-electron chi connectivity index (χ2n) is 7.76. The van der Waals surface area contributed by atoms with Crippen molar-refractivity contribution in [1.82, 2.24) is 14.6 Å². The number of fused-ring (bicyclic) bond motifs is 1. The van der Waals surface area contributed by atoms with Gasteiger partial charge in [-0.15, -0.1) is 10.2 Å². The van der Waals surface area contributed by atoms with E-state index in [1.165, 1.54) is 6.20 Å². The minimum atomic E-state index is -5.15. The van der Waals surface area contributed by atoms with Gasteiger partial charge < -0.3 is 10.4 Å². The zero-order valence-electron chi connectivity index (χ0n) is 15.8. The number of hydrogen-bond acceptors (Lipinski definition) is 4. The maximum absolute atomic E-state index is 14.5. The Labute approximate surface area is 170 Å². The molecule has 0 amide bonds. The van der Waals surface area contributed by atoms with Gasteiger partial charge in [0.25, 0.3) is 0 Å². The maximum Gasteiger partial charge on any atom is 0.417 e. The summed E-state index contributed by atoms with van der Waals surface area (Å²) in [7, 11) is 0. The van der Waals surface area contributed by atoms with Crippen molar-refractivity contribution in [2.24, 2.45) is 0 Å². The highest BCUT2D eigenvalue weighted by Gasteiger charge is 2.40. The van der Waals surface area contributed by atoms with Crippen LogP contribution in [-0.2, 0) is 12.4 Å². The van der Waals surface area contributed by atoms with Gasteiger partial charge in [-0.1, -0.05) is 6.07 Å². The second kappa shape index (κ2) is 6.81. The number of halogens is 7. The molecule has 0 radical (unpaired) electrons. The van der Waals surface area contributed by atoms with Crippen molar-refractivity contribution in [2.45, 2.75) is 43.8 Å². The van der Waals surface area contributed by atoms with Gasteiger partial charge in [-0.25, -0.2) is 4.39 Å². The molecule has 2 N–H and O–H groups in total. The van der Waals surface area contributed by atoms with Gasteiger partial charge in [0.15, 0.2) is 5.82 Å². The van der Waals surface area contributed by atoms with Crippen molar-refractivity contribution in [3.05, 3.63) is 47.4 Å². The molecule has 12 heteroatoms. The van der Waals surface area contributed by atoms with Crippen molar-refractivity contribution >= 4 is 11.5 Å². The molecule has 2 aromatic heterocycles. The lowest BCUT2D eigenvalue weighted by atomic mass is 9.77. The molecule has 0 aliphatic heterocycles. The molecule has 1 saturated carbocycles. The highest BCUT2D eigenvalue weighted by Crippen LogP contribution is 2.42. The summed E-state index contributed by atoms with van der Waals surface area (Å²) in [4.78, 5) is 0. The lowest BCUT2D eigenvalue weighted by Gasteiger charge is -2.41. The van der Waals surface area contributed by atoms with Gasteiger partial charge in [0.1, 0.15) is 11.2 Å². The van der Waals surface area contributed by atoms with E-state index < -0.39 is 46.2 Å². The Hall–Kier alpha value is -2.89. The number of anilines is 1. The smallest absolute Gasteiger partial charge is 0.390 e. The predicted octanol–water partition coefficient (Wildman–Crippen LogP) is 4.90. The highest BCUT2D eigenvalue weighted by atomic mass is 19.4. The maximum atomic E-state index is 14.5. The van der Waals surface area contributed by atoms with Crippen LogP contribution in [0.25, 0.3) is 16.8 Å². The minimum absolute atomic E-state index is 0.0308. The summed E-state index contributed by atoms with van der Waals surface area (Å²) in [6.07, 6.45) is -8.17. The van der Waals surface area contributed by atoms with Gasteiger partial charge in [0.05, 0.1) is 16.7 Å². The molecule has 0 unspecified atom stereocenters. The zero-order chi connectivity index (χ0) is 22.8. The Balaban J connectivity index is 1.84. The molecular weight excluding hydrogens is 433 g/mol. The Bertz CT molecular complexity index is 1140. The molecule has 1 aliphatic rings. The van der Waals surface area contributed by atoms with Crippen LogP contribution in [0.1, 0.15) is 30.9 Å². The SMILES string of the molecule is CC1(O)CC(Nc2nnc(-c3ccc(C(F)(F)F)cc3C(F)(F)F)c3c(F)ccn23)C1. The van der Waals surface area contributed by atoms with Crippen LogP contribution < -0.4 is 5.32 Å². The zero-order valence-corrected chi connectivity index (χ0v) is 15.8. The first-order valence-corrected chi connectivity index (χ1v) is 9.07. The number of benzene rings is 1. The number of nitrogens with zero attached hydrogens (tertiary/aromatic N) is 3. The largest absolute Gasteiger partial charge is 0.417 e. The van der Waals surface area contributed by atoms with Crippen molar-refractivity contribution in [1.29, 1.82) is 0 Å². The first-order chi connectivity index (χ1) is 14.3. The fraction of sp³-hybridized carbons (Fsp3) is 0.368. The second-order valence-corrected chi connectivity index (χ2v) is 7.76. The topological polar surface area (TPSA) is 62.5 Å². The van der Waals surface area contributed by atoms with Crippen LogP contribution in [0.3, 0.4) is 0 Å². The summed E-state index contributed by atoms with van der Waals surface area (Å²) >= 11 is 0. The van der Waals surface area contributed by atoms with E-state index in [1.54, 1.807) is 6.92 Å². The van der Waals surface area contributed by atoms with Crippen molar-refractivity contribution in [2.75, 3.05) is 5.32 Å². The van der Waals surface area contributed by atoms with Gasteiger partial charge in [0.2, 0.25) is 5.95 Å². The Kier molecular flexibility index (Phi) is 4.69. The average molecular weight is 448 g/mol. The number of hydrogen-bond donors (Lipinski definition) is 2. The molecule has 5 nitrogen and oxygen atoms in total. The van der Waals surface area contributed by atoms with E-state index in [1.807, 2.05) is 0 Å². The molecular formula is C19H15F7N4O. The van der Waals surface area contributed by atoms with E-state index in [4.69, 9.17) is 0 Å². The third-order valence-corrected chi connectivity index (χ3v) is 5.15. The molecule has 0 spiro atoms. The van der Waals surface area contributed by atoms with Crippen LogP contribution in [-0.4, -0.2) is 31.3 Å². The molecule has 2 heterocycles. The van der Waals surface area contributed by atoms with Crippen molar-refractivity contribution in [3.8, 4) is 11.3 Å². The molecule has 1 fully saturated rings. The summed E-state index contributed by atoms with van der Waals surface area (Å²) in [6, 6.07) is 1.84. The van der Waals surface area contributed by atoms with Crippen LogP contribution in [0, 0.1) is 5.82 Å². The molecule has 3 aromatic rings. The van der Waals surface area contributed by atoms with E-state index >= 15 is 0 Å². The molecule has 31 heavy (non-hydrogen) atoms. The molecule has 0 saturated heterocycles. The van der Waals surface area contributed by atoms with Crippen LogP contribution in [0.2, 0.25) is 0 Å². The fourth-order valence-corrected chi connectivity index (χ4v) is 3.73. The van der Waals surface area contributed by atoms with Crippen LogP contribution in [0.5, 0.6) is 0 Å². The van der Waals surface area contributed by atoms with Crippen LogP contribution in [0.15, 0.2) is 30.5 Å². The first-order valence-electron chi connectivity index (χ1n) is 9.07. The van der Waals surface area contributed by atoms with E-state index in [0.717, 1.165) is 10.5 Å². The van der Waals surface area contributed by atoms with Crippen LogP contribution >= 0.6 is 0 Å². The van der Waals surface area contributed by atoms with Gasteiger partial charge >= 0.3 is 12.4 Å². The van der Waals surface area contributed by atoms with E-state index in [0.29, 0.717) is 25.0 Å². The van der Waals surface area contributed by atoms with Gasteiger partial charge in [-0.2, -0.15) is 26.3 Å². The monoisotopic (exact) mass is 448 g/mol. The standard InChI is InChI=1S/C19H15F7N4O/c1-17(31)7-10(8-17)27-16-29-28-14(15-13(20)4-5-30(15)16)11-3-2-9(18(21,22)23)6-12(11)19(24,25)26/h2-6,10,31H,7-8H2,1H3,(H,27,29). The predicted molar refractivity (Wildman–Crippen MR) is 95.7 cm³/mol.